The Labute approximate surface area is 237 Å². The fourth-order valence-electron chi connectivity index (χ4n) is 3.90. The molecule has 4 rings (SSSR count). The van der Waals surface area contributed by atoms with E-state index in [0.717, 1.165) is 0 Å². The summed E-state index contributed by atoms with van der Waals surface area (Å²) in [6, 6.07) is 9.70. The molecule has 0 spiro atoms. The molecule has 0 atom stereocenters. The van der Waals surface area contributed by atoms with Crippen molar-refractivity contribution in [2.75, 3.05) is 36.9 Å². The van der Waals surface area contributed by atoms with E-state index in [2.05, 4.69) is 10.3 Å². The Morgan fingerprint density at radius 1 is 1.18 bits per heavy atom. The minimum Gasteiger partial charge on any atom is -0.497 e. The highest BCUT2D eigenvalue weighted by Crippen LogP contribution is 2.34. The maximum atomic E-state index is 13.8. The van der Waals surface area contributed by atoms with Crippen molar-refractivity contribution in [1.82, 2.24) is 9.88 Å². The Bertz CT molecular complexity index is 1420. The van der Waals surface area contributed by atoms with E-state index in [1.165, 1.54) is 34.9 Å². The maximum Gasteiger partial charge on any atom is 0.410 e. The molecular formula is C26H31ClN4O6S2. The van der Waals surface area contributed by atoms with Crippen molar-refractivity contribution in [3.63, 3.8) is 0 Å². The van der Waals surface area contributed by atoms with Gasteiger partial charge in [0, 0.05) is 36.3 Å². The summed E-state index contributed by atoms with van der Waals surface area (Å²) in [5, 5.41) is 5.53. The molecule has 0 bridgehead atoms. The van der Waals surface area contributed by atoms with Gasteiger partial charge in [-0.25, -0.2) is 22.5 Å². The Morgan fingerprint density at radius 2 is 1.92 bits per heavy atom. The van der Waals surface area contributed by atoms with Gasteiger partial charge in [0.1, 0.15) is 17.1 Å². The van der Waals surface area contributed by atoms with Crippen LogP contribution in [0.15, 0.2) is 52.9 Å². The van der Waals surface area contributed by atoms with Crippen LogP contribution in [-0.2, 0) is 21.3 Å². The largest absolute Gasteiger partial charge is 0.497 e. The van der Waals surface area contributed by atoms with Crippen LogP contribution in [-0.4, -0.2) is 63.3 Å². The van der Waals surface area contributed by atoms with Crippen LogP contribution in [0.5, 0.6) is 11.5 Å². The summed E-state index contributed by atoms with van der Waals surface area (Å²) in [5.74, 6) is 1.08. The number of likely N-dealkylation sites (tertiary alicyclic amines) is 1. The number of nitrogens with zero attached hydrogens (tertiary/aromatic N) is 3. The van der Waals surface area contributed by atoms with Gasteiger partial charge in [0.15, 0.2) is 5.13 Å². The normalized spacial score (nSPS) is 13.9. The molecule has 0 aliphatic carbocycles. The van der Waals surface area contributed by atoms with Crippen molar-refractivity contribution in [2.45, 2.75) is 43.9 Å². The zero-order valence-electron chi connectivity index (χ0n) is 22.3. The van der Waals surface area contributed by atoms with Crippen LogP contribution in [0, 0.1) is 0 Å². The van der Waals surface area contributed by atoms with Gasteiger partial charge in [-0.1, -0.05) is 11.6 Å². The molecule has 3 aromatic rings. The van der Waals surface area contributed by atoms with Crippen molar-refractivity contribution in [3.8, 4) is 11.5 Å². The van der Waals surface area contributed by atoms with Crippen LogP contribution in [0.2, 0.25) is 5.02 Å². The second-order valence-corrected chi connectivity index (χ2v) is 13.0. The summed E-state index contributed by atoms with van der Waals surface area (Å²) < 4.78 is 45.0. The number of rotatable bonds is 9. The number of ether oxygens (including phenoxy) is 3. The number of hydrogen-bond acceptors (Lipinski definition) is 9. The molecule has 1 aliphatic rings. The topological polar surface area (TPSA) is 110 Å². The van der Waals surface area contributed by atoms with Gasteiger partial charge in [0.25, 0.3) is 10.0 Å². The number of benzene rings is 2. The molecular weight excluding hydrogens is 564 g/mol. The first-order valence-electron chi connectivity index (χ1n) is 12.1. The Morgan fingerprint density at radius 3 is 2.51 bits per heavy atom. The number of aromatic nitrogens is 1. The molecule has 1 amide bonds. The lowest BCUT2D eigenvalue weighted by molar-refractivity contribution is 0.0105. The number of nitrogens with one attached hydrogen (secondary N) is 1. The average molecular weight is 595 g/mol. The fourth-order valence-corrected chi connectivity index (χ4v) is 6.49. The van der Waals surface area contributed by atoms with Gasteiger partial charge in [-0.2, -0.15) is 0 Å². The van der Waals surface area contributed by atoms with Crippen LogP contribution < -0.4 is 19.1 Å². The predicted octanol–water partition coefficient (Wildman–Crippen LogP) is 5.24. The van der Waals surface area contributed by atoms with Crippen molar-refractivity contribution in [1.29, 1.82) is 0 Å². The quantitative estimate of drug-likeness (QED) is 0.358. The molecule has 2 heterocycles. The highest BCUT2D eigenvalue weighted by atomic mass is 35.5. The zero-order valence-corrected chi connectivity index (χ0v) is 24.7. The molecule has 210 valence electrons. The van der Waals surface area contributed by atoms with Gasteiger partial charge >= 0.3 is 6.09 Å². The number of halogens is 1. The SMILES string of the molecule is COc1ccc(CN(c2nccs2)S(=O)(=O)c2ccc(NC3CN(C(=O)OC(C)(C)C)C3)c(Cl)c2)c(OC)c1. The van der Waals surface area contributed by atoms with Crippen LogP contribution in [0.4, 0.5) is 15.6 Å². The summed E-state index contributed by atoms with van der Waals surface area (Å²) in [7, 11) is -0.985. The number of hydrogen-bond donors (Lipinski definition) is 1. The summed E-state index contributed by atoms with van der Waals surface area (Å²) in [6.07, 6.45) is 1.18. The molecule has 0 radical (unpaired) electrons. The lowest BCUT2D eigenvalue weighted by Gasteiger charge is -2.40. The summed E-state index contributed by atoms with van der Waals surface area (Å²) in [5.41, 5.74) is 0.647. The molecule has 39 heavy (non-hydrogen) atoms. The molecule has 1 aliphatic heterocycles. The van der Waals surface area contributed by atoms with E-state index in [1.807, 2.05) is 20.8 Å². The molecule has 10 nitrogen and oxygen atoms in total. The van der Waals surface area contributed by atoms with Crippen LogP contribution in [0.25, 0.3) is 0 Å². The monoisotopic (exact) mass is 594 g/mol. The van der Waals surface area contributed by atoms with Crippen LogP contribution >= 0.6 is 22.9 Å². The number of thiazole rings is 1. The van der Waals surface area contributed by atoms with Crippen molar-refractivity contribution in [3.05, 3.63) is 58.6 Å². The van der Waals surface area contributed by atoms with E-state index in [1.54, 1.807) is 47.9 Å². The van der Waals surface area contributed by atoms with Gasteiger partial charge in [-0.15, -0.1) is 11.3 Å². The van der Waals surface area contributed by atoms with Gasteiger partial charge in [-0.3, -0.25) is 0 Å². The maximum absolute atomic E-state index is 13.8. The Hall–Kier alpha value is -3.22. The summed E-state index contributed by atoms with van der Waals surface area (Å²) in [6.45, 7) is 6.35. The third-order valence-corrected chi connectivity index (χ3v) is 8.82. The lowest BCUT2D eigenvalue weighted by Crippen LogP contribution is -2.57. The fraction of sp³-hybridized carbons (Fsp3) is 0.385. The number of sulfonamides is 1. The second-order valence-electron chi connectivity index (χ2n) is 9.87. The van der Waals surface area contributed by atoms with Crippen molar-refractivity contribution in [2.24, 2.45) is 0 Å². The minimum absolute atomic E-state index is 0.0107. The minimum atomic E-state index is -4.05. The molecule has 2 aromatic carbocycles. The van der Waals surface area contributed by atoms with E-state index < -0.39 is 15.6 Å². The zero-order chi connectivity index (χ0) is 28.4. The van der Waals surface area contributed by atoms with Crippen LogP contribution in [0.3, 0.4) is 0 Å². The number of anilines is 2. The standard InChI is InChI=1S/C26H31ClN4O6S2/c1-26(2,3)37-25(32)30-15-18(16-30)29-22-9-8-20(13-21(22)27)39(33,34)31(24-28-10-11-38-24)14-17-6-7-19(35-4)12-23(17)36-5/h6-13,18,29H,14-16H2,1-5H3. The van der Waals surface area contributed by atoms with E-state index in [4.69, 9.17) is 25.8 Å². The number of carbonyl (C=O) groups is 1. The Kier molecular flexibility index (Phi) is 8.48. The smallest absolute Gasteiger partial charge is 0.410 e. The highest BCUT2D eigenvalue weighted by Gasteiger charge is 2.34. The van der Waals surface area contributed by atoms with Crippen LogP contribution in [0.1, 0.15) is 26.3 Å². The molecule has 0 saturated carbocycles. The van der Waals surface area contributed by atoms with E-state index in [9.17, 15) is 13.2 Å². The first kappa shape index (κ1) is 28.8. The number of amides is 1. The van der Waals surface area contributed by atoms with Gasteiger partial charge in [0.05, 0.1) is 42.4 Å². The van der Waals surface area contributed by atoms with Crippen molar-refractivity contribution >= 4 is 49.9 Å². The molecule has 1 N–H and O–H groups in total. The van der Waals surface area contributed by atoms with Gasteiger partial charge in [0.2, 0.25) is 0 Å². The Balaban J connectivity index is 1.52. The van der Waals surface area contributed by atoms with Gasteiger partial charge in [-0.05, 0) is 51.1 Å². The second kappa shape index (κ2) is 11.5. The number of methoxy groups -OCH3 is 2. The summed E-state index contributed by atoms with van der Waals surface area (Å²) >= 11 is 7.73. The molecule has 1 saturated heterocycles. The van der Waals surface area contributed by atoms with E-state index in [-0.39, 0.29) is 28.6 Å². The van der Waals surface area contributed by atoms with E-state index in [0.29, 0.717) is 41.0 Å². The van der Waals surface area contributed by atoms with Crippen molar-refractivity contribution < 1.29 is 27.4 Å². The number of carbonyl (C=O) groups excluding carboxylic acids is 1. The molecule has 1 aromatic heterocycles. The molecule has 1 fully saturated rings. The van der Waals surface area contributed by atoms with Gasteiger partial charge < -0.3 is 24.4 Å². The molecule has 0 unspecified atom stereocenters. The highest BCUT2D eigenvalue weighted by molar-refractivity contribution is 7.93. The summed E-state index contributed by atoms with van der Waals surface area (Å²) in [4.78, 5) is 18.0. The lowest BCUT2D eigenvalue weighted by atomic mass is 10.1. The predicted molar refractivity (Wildman–Crippen MR) is 152 cm³/mol. The molecule has 13 heteroatoms. The van der Waals surface area contributed by atoms with E-state index >= 15 is 0 Å². The third kappa shape index (κ3) is 6.68. The first-order valence-corrected chi connectivity index (χ1v) is 14.8. The third-order valence-electron chi connectivity index (χ3n) is 5.86. The average Bonchev–Trinajstić information content (AvgIpc) is 3.38. The first-order chi connectivity index (χ1) is 18.4.